The van der Waals surface area contributed by atoms with Gasteiger partial charge in [-0.3, -0.25) is 9.59 Å². The molecule has 0 bridgehead atoms. The topological polar surface area (TPSA) is 76.7 Å². The number of carbonyl (C=O) groups is 2. The van der Waals surface area contributed by atoms with Crippen molar-refractivity contribution in [1.82, 2.24) is 10.6 Å². The maximum absolute atomic E-state index is 11.5. The van der Waals surface area contributed by atoms with E-state index < -0.39 is 0 Å². The van der Waals surface area contributed by atoms with E-state index in [1.165, 1.54) is 6.08 Å². The Kier molecular flexibility index (Phi) is 4.60. The number of likely N-dealkylation sites (N-methyl/N-ethyl adjacent to an activating group) is 1. The van der Waals surface area contributed by atoms with Crippen LogP contribution in [-0.2, 0) is 9.59 Å². The SMILES string of the molecule is CCNC(=O)CNC(=O)C=Cc1ccc2c(c1)OCO2. The average Bonchev–Trinajstić information content (AvgIpc) is 2.90. The van der Waals surface area contributed by atoms with Crippen LogP contribution in [-0.4, -0.2) is 31.7 Å². The number of carbonyl (C=O) groups excluding carboxylic acids is 2. The van der Waals surface area contributed by atoms with Crippen molar-refractivity contribution in [2.45, 2.75) is 6.92 Å². The van der Waals surface area contributed by atoms with Crippen LogP contribution in [0.3, 0.4) is 0 Å². The number of hydrogen-bond donors (Lipinski definition) is 2. The summed E-state index contributed by atoms with van der Waals surface area (Å²) in [6, 6.07) is 5.39. The fourth-order valence-corrected chi connectivity index (χ4v) is 1.67. The molecule has 0 saturated carbocycles. The molecule has 1 aliphatic heterocycles. The standard InChI is InChI=1S/C14H16N2O4/c1-2-15-14(18)8-16-13(17)6-4-10-3-5-11-12(7-10)20-9-19-11/h3-7H,2,8-9H2,1H3,(H,15,18)(H,16,17). The van der Waals surface area contributed by atoms with Crippen LogP contribution in [0.25, 0.3) is 6.08 Å². The van der Waals surface area contributed by atoms with Gasteiger partial charge >= 0.3 is 0 Å². The first kappa shape index (κ1) is 13.9. The normalized spacial score (nSPS) is 12.4. The van der Waals surface area contributed by atoms with Gasteiger partial charge in [0.2, 0.25) is 18.6 Å². The lowest BCUT2D eigenvalue weighted by Crippen LogP contribution is -2.35. The fourth-order valence-electron chi connectivity index (χ4n) is 1.67. The molecule has 1 aliphatic rings. The molecule has 1 aromatic rings. The lowest BCUT2D eigenvalue weighted by atomic mass is 10.2. The molecule has 0 aliphatic carbocycles. The average molecular weight is 276 g/mol. The summed E-state index contributed by atoms with van der Waals surface area (Å²) in [6.45, 7) is 2.55. The minimum atomic E-state index is -0.325. The zero-order valence-electron chi connectivity index (χ0n) is 11.1. The summed E-state index contributed by atoms with van der Waals surface area (Å²) < 4.78 is 10.4. The quantitative estimate of drug-likeness (QED) is 0.775. The molecule has 0 unspecified atom stereocenters. The van der Waals surface area contributed by atoms with Crippen LogP contribution in [0.15, 0.2) is 24.3 Å². The fraction of sp³-hybridized carbons (Fsp3) is 0.286. The highest BCUT2D eigenvalue weighted by atomic mass is 16.7. The van der Waals surface area contributed by atoms with Crippen LogP contribution in [0.5, 0.6) is 11.5 Å². The van der Waals surface area contributed by atoms with Gasteiger partial charge in [-0.2, -0.15) is 0 Å². The number of hydrogen-bond acceptors (Lipinski definition) is 4. The Labute approximate surface area is 116 Å². The van der Waals surface area contributed by atoms with E-state index in [2.05, 4.69) is 10.6 Å². The Morgan fingerprint density at radius 1 is 1.25 bits per heavy atom. The summed E-state index contributed by atoms with van der Waals surface area (Å²) in [5.41, 5.74) is 0.822. The molecule has 2 rings (SSSR count). The lowest BCUT2D eigenvalue weighted by molar-refractivity contribution is -0.123. The Morgan fingerprint density at radius 3 is 2.85 bits per heavy atom. The van der Waals surface area contributed by atoms with Gasteiger partial charge in [0.15, 0.2) is 11.5 Å². The number of rotatable bonds is 5. The number of amides is 2. The van der Waals surface area contributed by atoms with Crippen LogP contribution in [0, 0.1) is 0 Å². The van der Waals surface area contributed by atoms with E-state index in [0.717, 1.165) is 5.56 Å². The molecule has 2 amide bonds. The van der Waals surface area contributed by atoms with E-state index >= 15 is 0 Å². The molecule has 1 aromatic carbocycles. The van der Waals surface area contributed by atoms with Gasteiger partial charge in [0.25, 0.3) is 0 Å². The second-order valence-electron chi connectivity index (χ2n) is 4.12. The van der Waals surface area contributed by atoms with Gasteiger partial charge in [0, 0.05) is 12.6 Å². The summed E-state index contributed by atoms with van der Waals surface area (Å²) >= 11 is 0. The molecule has 0 saturated heterocycles. The Balaban J connectivity index is 1.86. The third-order valence-corrected chi connectivity index (χ3v) is 2.62. The van der Waals surface area contributed by atoms with Gasteiger partial charge in [-0.05, 0) is 30.7 Å². The van der Waals surface area contributed by atoms with E-state index in [9.17, 15) is 9.59 Å². The largest absolute Gasteiger partial charge is 0.454 e. The summed E-state index contributed by atoms with van der Waals surface area (Å²) in [4.78, 5) is 22.7. The van der Waals surface area contributed by atoms with Crippen molar-refractivity contribution in [2.24, 2.45) is 0 Å². The van der Waals surface area contributed by atoms with Crippen molar-refractivity contribution >= 4 is 17.9 Å². The second kappa shape index (κ2) is 6.60. The van der Waals surface area contributed by atoms with E-state index in [1.54, 1.807) is 18.2 Å². The molecule has 0 atom stereocenters. The predicted molar refractivity (Wildman–Crippen MR) is 73.3 cm³/mol. The first-order valence-electron chi connectivity index (χ1n) is 6.31. The zero-order chi connectivity index (χ0) is 14.4. The molecule has 0 radical (unpaired) electrons. The van der Waals surface area contributed by atoms with Crippen molar-refractivity contribution in [2.75, 3.05) is 19.9 Å². The monoisotopic (exact) mass is 276 g/mol. The smallest absolute Gasteiger partial charge is 0.244 e. The maximum Gasteiger partial charge on any atom is 0.244 e. The molecule has 1 heterocycles. The third kappa shape index (κ3) is 3.74. The number of fused-ring (bicyclic) bond motifs is 1. The molecule has 0 aromatic heterocycles. The Hall–Kier alpha value is -2.50. The van der Waals surface area contributed by atoms with Crippen LogP contribution in [0.2, 0.25) is 0 Å². The molecular weight excluding hydrogens is 260 g/mol. The van der Waals surface area contributed by atoms with Crippen molar-refractivity contribution < 1.29 is 19.1 Å². The number of ether oxygens (including phenoxy) is 2. The Bertz CT molecular complexity index is 540. The minimum absolute atomic E-state index is 0.0296. The Morgan fingerprint density at radius 2 is 2.05 bits per heavy atom. The van der Waals surface area contributed by atoms with Crippen molar-refractivity contribution in [3.63, 3.8) is 0 Å². The maximum atomic E-state index is 11.5. The van der Waals surface area contributed by atoms with Gasteiger partial charge in [-0.25, -0.2) is 0 Å². The summed E-state index contributed by atoms with van der Waals surface area (Å²) in [5.74, 6) is 0.823. The third-order valence-electron chi connectivity index (χ3n) is 2.62. The van der Waals surface area contributed by atoms with E-state index in [1.807, 2.05) is 13.0 Å². The summed E-state index contributed by atoms with van der Waals surface area (Å²) in [7, 11) is 0. The first-order valence-corrected chi connectivity index (χ1v) is 6.31. The molecule has 6 nitrogen and oxygen atoms in total. The lowest BCUT2D eigenvalue weighted by Gasteiger charge is -2.02. The molecule has 6 heteroatoms. The first-order chi connectivity index (χ1) is 9.69. The summed E-state index contributed by atoms with van der Waals surface area (Å²) in [5, 5.41) is 5.09. The number of nitrogens with one attached hydrogen (secondary N) is 2. The van der Waals surface area contributed by atoms with Crippen molar-refractivity contribution in [3.8, 4) is 11.5 Å². The highest BCUT2D eigenvalue weighted by molar-refractivity contribution is 5.94. The van der Waals surface area contributed by atoms with Crippen LogP contribution >= 0.6 is 0 Å². The molecule has 0 spiro atoms. The van der Waals surface area contributed by atoms with Crippen LogP contribution < -0.4 is 20.1 Å². The molecule has 0 fully saturated rings. The second-order valence-corrected chi connectivity index (χ2v) is 4.12. The minimum Gasteiger partial charge on any atom is -0.454 e. The highest BCUT2D eigenvalue weighted by Crippen LogP contribution is 2.32. The van der Waals surface area contributed by atoms with E-state index in [-0.39, 0.29) is 25.2 Å². The van der Waals surface area contributed by atoms with E-state index in [4.69, 9.17) is 9.47 Å². The van der Waals surface area contributed by atoms with Crippen molar-refractivity contribution in [1.29, 1.82) is 0 Å². The zero-order valence-corrected chi connectivity index (χ0v) is 11.1. The van der Waals surface area contributed by atoms with Crippen LogP contribution in [0.1, 0.15) is 12.5 Å². The molecular formula is C14H16N2O4. The molecule has 20 heavy (non-hydrogen) atoms. The van der Waals surface area contributed by atoms with Gasteiger partial charge in [-0.1, -0.05) is 6.07 Å². The van der Waals surface area contributed by atoms with Gasteiger partial charge in [0.05, 0.1) is 6.54 Å². The van der Waals surface area contributed by atoms with Gasteiger partial charge < -0.3 is 20.1 Å². The predicted octanol–water partition coefficient (Wildman–Crippen LogP) is 0.681. The van der Waals surface area contributed by atoms with Crippen LogP contribution in [0.4, 0.5) is 0 Å². The molecule has 2 N–H and O–H groups in total. The van der Waals surface area contributed by atoms with Crippen molar-refractivity contribution in [3.05, 3.63) is 29.8 Å². The number of benzene rings is 1. The highest BCUT2D eigenvalue weighted by Gasteiger charge is 2.12. The van der Waals surface area contributed by atoms with Gasteiger partial charge in [-0.15, -0.1) is 0 Å². The molecule has 106 valence electrons. The summed E-state index contributed by atoms with van der Waals surface area (Å²) in [6.07, 6.45) is 3.02. The van der Waals surface area contributed by atoms with E-state index in [0.29, 0.717) is 18.0 Å². The van der Waals surface area contributed by atoms with Gasteiger partial charge in [0.1, 0.15) is 0 Å².